The number of rotatable bonds is 6. The number of hydrogen-bond acceptors (Lipinski definition) is 3. The van der Waals surface area contributed by atoms with Gasteiger partial charge < -0.3 is 5.32 Å². The second-order valence-electron chi connectivity index (χ2n) is 5.66. The minimum Gasteiger partial charge on any atom is -0.370 e. The van der Waals surface area contributed by atoms with Crippen molar-refractivity contribution in [2.75, 3.05) is 11.9 Å². The lowest BCUT2D eigenvalue weighted by molar-refractivity contribution is 0.789. The standard InChI is InChI=1S/C18H25N3/c1-5-19-18-17(13(2)3)14(4)20-16(21-18)12-11-15-9-7-6-8-10-15/h6-10,13H,5,11-12H2,1-4H3,(H,19,20,21). The highest BCUT2D eigenvalue weighted by molar-refractivity contribution is 5.48. The zero-order chi connectivity index (χ0) is 15.2. The maximum Gasteiger partial charge on any atom is 0.133 e. The van der Waals surface area contributed by atoms with E-state index in [1.54, 1.807) is 0 Å². The van der Waals surface area contributed by atoms with Crippen LogP contribution in [0.2, 0.25) is 0 Å². The van der Waals surface area contributed by atoms with Crippen molar-refractivity contribution in [1.29, 1.82) is 0 Å². The number of nitrogens with zero attached hydrogens (tertiary/aromatic N) is 2. The molecule has 0 radical (unpaired) electrons. The molecule has 0 spiro atoms. The quantitative estimate of drug-likeness (QED) is 0.866. The van der Waals surface area contributed by atoms with Crippen LogP contribution in [-0.2, 0) is 12.8 Å². The molecule has 0 aliphatic rings. The second kappa shape index (κ2) is 7.21. The third-order valence-corrected chi connectivity index (χ3v) is 3.58. The van der Waals surface area contributed by atoms with E-state index in [9.17, 15) is 0 Å². The molecule has 0 saturated heterocycles. The van der Waals surface area contributed by atoms with Crippen LogP contribution in [-0.4, -0.2) is 16.5 Å². The van der Waals surface area contributed by atoms with E-state index in [1.165, 1.54) is 11.1 Å². The molecule has 2 rings (SSSR count). The van der Waals surface area contributed by atoms with E-state index in [0.29, 0.717) is 5.92 Å². The summed E-state index contributed by atoms with van der Waals surface area (Å²) in [5, 5.41) is 3.39. The molecule has 0 fully saturated rings. The van der Waals surface area contributed by atoms with Crippen molar-refractivity contribution >= 4 is 5.82 Å². The van der Waals surface area contributed by atoms with Gasteiger partial charge in [-0.2, -0.15) is 0 Å². The van der Waals surface area contributed by atoms with Crippen LogP contribution < -0.4 is 5.32 Å². The zero-order valence-electron chi connectivity index (χ0n) is 13.5. The molecular formula is C18H25N3. The van der Waals surface area contributed by atoms with E-state index in [1.807, 2.05) is 6.07 Å². The Labute approximate surface area is 127 Å². The maximum absolute atomic E-state index is 4.74. The number of anilines is 1. The van der Waals surface area contributed by atoms with Gasteiger partial charge >= 0.3 is 0 Å². The molecule has 1 aromatic carbocycles. The van der Waals surface area contributed by atoms with Crippen LogP contribution >= 0.6 is 0 Å². The average Bonchev–Trinajstić information content (AvgIpc) is 2.46. The summed E-state index contributed by atoms with van der Waals surface area (Å²) in [7, 11) is 0. The molecule has 0 aliphatic heterocycles. The first-order chi connectivity index (χ1) is 10.1. The molecule has 0 saturated carbocycles. The summed E-state index contributed by atoms with van der Waals surface area (Å²) < 4.78 is 0. The smallest absolute Gasteiger partial charge is 0.133 e. The zero-order valence-corrected chi connectivity index (χ0v) is 13.5. The Kier molecular flexibility index (Phi) is 5.32. The summed E-state index contributed by atoms with van der Waals surface area (Å²) >= 11 is 0. The van der Waals surface area contributed by atoms with E-state index < -0.39 is 0 Å². The molecule has 1 N–H and O–H groups in total. The third kappa shape index (κ3) is 4.03. The first-order valence-electron chi connectivity index (χ1n) is 7.77. The van der Waals surface area contributed by atoms with Gasteiger partial charge in [-0.3, -0.25) is 0 Å². The van der Waals surface area contributed by atoms with Gasteiger partial charge in [0.05, 0.1) is 0 Å². The van der Waals surface area contributed by atoms with Crippen molar-refractivity contribution in [3.05, 3.63) is 53.0 Å². The molecule has 112 valence electrons. The van der Waals surface area contributed by atoms with Crippen molar-refractivity contribution in [2.24, 2.45) is 0 Å². The van der Waals surface area contributed by atoms with Gasteiger partial charge in [0, 0.05) is 24.2 Å². The average molecular weight is 283 g/mol. The molecule has 1 aromatic heterocycles. The van der Waals surface area contributed by atoms with Gasteiger partial charge in [-0.25, -0.2) is 9.97 Å². The first-order valence-corrected chi connectivity index (χ1v) is 7.77. The van der Waals surface area contributed by atoms with Crippen LogP contribution in [0, 0.1) is 6.92 Å². The molecule has 0 atom stereocenters. The highest BCUT2D eigenvalue weighted by Gasteiger charge is 2.14. The minimum absolute atomic E-state index is 0.433. The summed E-state index contributed by atoms with van der Waals surface area (Å²) in [6.07, 6.45) is 1.86. The molecule has 21 heavy (non-hydrogen) atoms. The van der Waals surface area contributed by atoms with Gasteiger partial charge in [0.25, 0.3) is 0 Å². The third-order valence-electron chi connectivity index (χ3n) is 3.58. The summed E-state index contributed by atoms with van der Waals surface area (Å²) in [6, 6.07) is 10.5. The van der Waals surface area contributed by atoms with Gasteiger partial charge in [0.1, 0.15) is 11.6 Å². The Morgan fingerprint density at radius 2 is 1.76 bits per heavy atom. The fourth-order valence-electron chi connectivity index (χ4n) is 2.65. The van der Waals surface area contributed by atoms with Crippen LogP contribution in [0.25, 0.3) is 0 Å². The number of hydrogen-bond donors (Lipinski definition) is 1. The van der Waals surface area contributed by atoms with Gasteiger partial charge in [0.2, 0.25) is 0 Å². The van der Waals surface area contributed by atoms with Crippen LogP contribution in [0.3, 0.4) is 0 Å². The Hall–Kier alpha value is -1.90. The molecular weight excluding hydrogens is 258 g/mol. The van der Waals surface area contributed by atoms with Crippen LogP contribution in [0.1, 0.15) is 49.3 Å². The van der Waals surface area contributed by atoms with Crippen molar-refractivity contribution in [3.63, 3.8) is 0 Å². The Balaban J connectivity index is 2.20. The Morgan fingerprint density at radius 1 is 1.05 bits per heavy atom. The van der Waals surface area contributed by atoms with Crippen molar-refractivity contribution < 1.29 is 0 Å². The fourth-order valence-corrected chi connectivity index (χ4v) is 2.65. The predicted octanol–water partition coefficient (Wildman–Crippen LogP) is 4.13. The molecule has 0 unspecified atom stereocenters. The van der Waals surface area contributed by atoms with Crippen LogP contribution in [0.4, 0.5) is 5.82 Å². The van der Waals surface area contributed by atoms with E-state index >= 15 is 0 Å². The SMILES string of the molecule is CCNc1nc(CCc2ccccc2)nc(C)c1C(C)C. The first kappa shape index (κ1) is 15.5. The molecule has 0 amide bonds. The predicted molar refractivity (Wildman–Crippen MR) is 88.9 cm³/mol. The van der Waals surface area contributed by atoms with Gasteiger partial charge in [-0.1, -0.05) is 44.2 Å². The number of benzene rings is 1. The van der Waals surface area contributed by atoms with Gasteiger partial charge in [-0.15, -0.1) is 0 Å². The monoisotopic (exact) mass is 283 g/mol. The van der Waals surface area contributed by atoms with Crippen molar-refractivity contribution in [3.8, 4) is 0 Å². The molecule has 0 bridgehead atoms. The lowest BCUT2D eigenvalue weighted by Gasteiger charge is -2.16. The van der Waals surface area contributed by atoms with E-state index in [4.69, 9.17) is 9.97 Å². The van der Waals surface area contributed by atoms with Gasteiger partial charge in [-0.05, 0) is 31.7 Å². The number of nitrogens with one attached hydrogen (secondary N) is 1. The molecule has 2 aromatic rings. The van der Waals surface area contributed by atoms with E-state index in [-0.39, 0.29) is 0 Å². The number of aryl methyl sites for hydroxylation is 3. The Bertz CT molecular complexity index is 577. The minimum atomic E-state index is 0.433. The lowest BCUT2D eigenvalue weighted by Crippen LogP contribution is -2.11. The highest BCUT2D eigenvalue weighted by Crippen LogP contribution is 2.25. The summed E-state index contributed by atoms with van der Waals surface area (Å²) in [4.78, 5) is 9.44. The summed E-state index contributed by atoms with van der Waals surface area (Å²) in [5.74, 6) is 2.36. The van der Waals surface area contributed by atoms with Crippen LogP contribution in [0.5, 0.6) is 0 Å². The maximum atomic E-state index is 4.74. The fraction of sp³-hybridized carbons (Fsp3) is 0.444. The topological polar surface area (TPSA) is 37.8 Å². The van der Waals surface area contributed by atoms with E-state index in [2.05, 4.69) is 57.3 Å². The van der Waals surface area contributed by atoms with Crippen molar-refractivity contribution in [1.82, 2.24) is 9.97 Å². The highest BCUT2D eigenvalue weighted by atomic mass is 15.0. The normalized spacial score (nSPS) is 10.9. The summed E-state index contributed by atoms with van der Waals surface area (Å²) in [6.45, 7) is 9.45. The molecule has 0 aliphatic carbocycles. The molecule has 3 nitrogen and oxygen atoms in total. The van der Waals surface area contributed by atoms with Crippen LogP contribution in [0.15, 0.2) is 30.3 Å². The summed E-state index contributed by atoms with van der Waals surface area (Å²) in [5.41, 5.74) is 3.66. The van der Waals surface area contributed by atoms with Gasteiger partial charge in [0.15, 0.2) is 0 Å². The Morgan fingerprint density at radius 3 is 2.38 bits per heavy atom. The molecule has 1 heterocycles. The van der Waals surface area contributed by atoms with E-state index in [0.717, 1.165) is 36.7 Å². The van der Waals surface area contributed by atoms with Crippen molar-refractivity contribution in [2.45, 2.75) is 46.5 Å². The second-order valence-corrected chi connectivity index (χ2v) is 5.66. The largest absolute Gasteiger partial charge is 0.370 e. The molecule has 3 heteroatoms. The lowest BCUT2D eigenvalue weighted by atomic mass is 10.0. The number of aromatic nitrogens is 2.